The van der Waals surface area contributed by atoms with E-state index >= 15 is 0 Å². The van der Waals surface area contributed by atoms with Gasteiger partial charge in [-0.05, 0) is 32.6 Å². The van der Waals surface area contributed by atoms with Crippen molar-refractivity contribution >= 4 is 5.97 Å². The first-order valence-electron chi connectivity index (χ1n) is 4.95. The van der Waals surface area contributed by atoms with Crippen molar-refractivity contribution in [1.82, 2.24) is 0 Å². The standard InChI is InChI=1S/C10H16O3/c1-9(13)4-2-3-7(9)10(5-6-10)8(11)12/h7,13H,2-6H2,1H3,(H,11,12). The highest BCUT2D eigenvalue weighted by atomic mass is 16.4. The molecule has 2 fully saturated rings. The quantitative estimate of drug-likeness (QED) is 0.682. The van der Waals surface area contributed by atoms with Gasteiger partial charge in [0.15, 0.2) is 0 Å². The first-order chi connectivity index (χ1) is 5.99. The zero-order chi connectivity index (χ0) is 9.69. The average molecular weight is 184 g/mol. The van der Waals surface area contributed by atoms with E-state index in [1.807, 2.05) is 0 Å². The zero-order valence-electron chi connectivity index (χ0n) is 7.92. The highest BCUT2D eigenvalue weighted by Crippen LogP contribution is 2.60. The Morgan fingerprint density at radius 3 is 2.31 bits per heavy atom. The van der Waals surface area contributed by atoms with Crippen molar-refractivity contribution in [3.8, 4) is 0 Å². The Hall–Kier alpha value is -0.570. The molecule has 0 heterocycles. The molecular weight excluding hydrogens is 168 g/mol. The van der Waals surface area contributed by atoms with E-state index in [1.165, 1.54) is 0 Å². The predicted octanol–water partition coefficient (Wildman–Crippen LogP) is 1.40. The lowest BCUT2D eigenvalue weighted by Gasteiger charge is -2.30. The molecule has 3 heteroatoms. The normalized spacial score (nSPS) is 41.8. The zero-order valence-corrected chi connectivity index (χ0v) is 7.92. The Labute approximate surface area is 77.8 Å². The Kier molecular flexibility index (Phi) is 1.71. The third-order valence-corrected chi connectivity index (χ3v) is 3.81. The van der Waals surface area contributed by atoms with Crippen LogP contribution in [0.5, 0.6) is 0 Å². The van der Waals surface area contributed by atoms with E-state index in [-0.39, 0.29) is 5.92 Å². The van der Waals surface area contributed by atoms with E-state index in [4.69, 9.17) is 5.11 Å². The van der Waals surface area contributed by atoms with Gasteiger partial charge in [-0.25, -0.2) is 0 Å². The monoisotopic (exact) mass is 184 g/mol. The summed E-state index contributed by atoms with van der Waals surface area (Å²) in [5, 5.41) is 19.1. The second-order valence-corrected chi connectivity index (χ2v) is 4.76. The van der Waals surface area contributed by atoms with Crippen LogP contribution < -0.4 is 0 Å². The van der Waals surface area contributed by atoms with Crippen LogP contribution in [0.25, 0.3) is 0 Å². The number of hydrogen-bond acceptors (Lipinski definition) is 2. The van der Waals surface area contributed by atoms with Crippen LogP contribution in [-0.4, -0.2) is 21.8 Å². The van der Waals surface area contributed by atoms with Gasteiger partial charge in [-0.1, -0.05) is 6.42 Å². The number of carbonyl (C=O) groups is 1. The average Bonchev–Trinajstić information content (AvgIpc) is 2.72. The fourth-order valence-corrected chi connectivity index (χ4v) is 2.87. The van der Waals surface area contributed by atoms with Crippen molar-refractivity contribution in [3.63, 3.8) is 0 Å². The highest BCUT2D eigenvalue weighted by Gasteiger charge is 2.61. The Morgan fingerprint density at radius 2 is 2.00 bits per heavy atom. The molecule has 0 saturated heterocycles. The third kappa shape index (κ3) is 1.17. The maximum atomic E-state index is 11.0. The van der Waals surface area contributed by atoms with Crippen molar-refractivity contribution in [1.29, 1.82) is 0 Å². The summed E-state index contributed by atoms with van der Waals surface area (Å²) < 4.78 is 0. The SMILES string of the molecule is CC1(O)CCCC1C1(C(=O)O)CC1. The van der Waals surface area contributed by atoms with E-state index in [0.717, 1.165) is 32.1 Å². The summed E-state index contributed by atoms with van der Waals surface area (Å²) in [6.45, 7) is 1.79. The molecule has 2 N–H and O–H groups in total. The van der Waals surface area contributed by atoms with Gasteiger partial charge in [-0.2, -0.15) is 0 Å². The van der Waals surface area contributed by atoms with Crippen LogP contribution in [0.15, 0.2) is 0 Å². The summed E-state index contributed by atoms with van der Waals surface area (Å²) in [5.41, 5.74) is -1.31. The van der Waals surface area contributed by atoms with Gasteiger partial charge in [0.2, 0.25) is 0 Å². The van der Waals surface area contributed by atoms with Crippen LogP contribution in [0.4, 0.5) is 0 Å². The van der Waals surface area contributed by atoms with E-state index in [1.54, 1.807) is 6.92 Å². The molecule has 0 bridgehead atoms. The Bertz CT molecular complexity index is 241. The molecule has 0 aromatic rings. The lowest BCUT2D eigenvalue weighted by atomic mass is 9.79. The molecule has 2 aliphatic rings. The molecule has 2 saturated carbocycles. The highest BCUT2D eigenvalue weighted by molar-refractivity contribution is 5.78. The van der Waals surface area contributed by atoms with Gasteiger partial charge >= 0.3 is 5.97 Å². The topological polar surface area (TPSA) is 57.5 Å². The minimum Gasteiger partial charge on any atom is -0.481 e. The van der Waals surface area contributed by atoms with Gasteiger partial charge in [-0.15, -0.1) is 0 Å². The smallest absolute Gasteiger partial charge is 0.310 e. The van der Waals surface area contributed by atoms with E-state index in [0.29, 0.717) is 0 Å². The summed E-state index contributed by atoms with van der Waals surface area (Å²) in [7, 11) is 0. The fraction of sp³-hybridized carbons (Fsp3) is 0.900. The predicted molar refractivity (Wildman–Crippen MR) is 47.3 cm³/mol. The summed E-state index contributed by atoms with van der Waals surface area (Å²) in [5.74, 6) is -0.725. The molecule has 2 unspecified atom stereocenters. The van der Waals surface area contributed by atoms with E-state index < -0.39 is 17.0 Å². The van der Waals surface area contributed by atoms with Crippen molar-refractivity contribution in [2.45, 2.75) is 44.6 Å². The maximum Gasteiger partial charge on any atom is 0.310 e. The summed E-state index contributed by atoms with van der Waals surface area (Å²) >= 11 is 0. The summed E-state index contributed by atoms with van der Waals surface area (Å²) in [6.07, 6.45) is 4.10. The lowest BCUT2D eigenvalue weighted by molar-refractivity contribution is -0.149. The minimum absolute atomic E-state index is 0.0162. The number of aliphatic carboxylic acids is 1. The molecule has 3 nitrogen and oxygen atoms in total. The van der Waals surface area contributed by atoms with Crippen molar-refractivity contribution in [2.75, 3.05) is 0 Å². The van der Waals surface area contributed by atoms with Gasteiger partial charge in [-0.3, -0.25) is 4.79 Å². The van der Waals surface area contributed by atoms with E-state index in [2.05, 4.69) is 0 Å². The molecule has 0 spiro atoms. The van der Waals surface area contributed by atoms with Gasteiger partial charge in [0.1, 0.15) is 0 Å². The molecule has 0 aliphatic heterocycles. The first-order valence-corrected chi connectivity index (χ1v) is 4.95. The first kappa shape index (κ1) is 9.00. The molecule has 13 heavy (non-hydrogen) atoms. The molecule has 0 radical (unpaired) electrons. The molecule has 2 rings (SSSR count). The fourth-order valence-electron chi connectivity index (χ4n) is 2.87. The van der Waals surface area contributed by atoms with Crippen LogP contribution in [0, 0.1) is 11.3 Å². The van der Waals surface area contributed by atoms with Crippen LogP contribution in [-0.2, 0) is 4.79 Å². The van der Waals surface area contributed by atoms with Crippen LogP contribution >= 0.6 is 0 Å². The Morgan fingerprint density at radius 1 is 1.38 bits per heavy atom. The molecule has 0 amide bonds. The molecule has 0 aromatic heterocycles. The summed E-state index contributed by atoms with van der Waals surface area (Å²) in [6, 6.07) is 0. The maximum absolute atomic E-state index is 11.0. The van der Waals surface area contributed by atoms with Crippen molar-refractivity contribution in [2.24, 2.45) is 11.3 Å². The molecule has 0 aromatic carbocycles. The number of hydrogen-bond donors (Lipinski definition) is 2. The van der Waals surface area contributed by atoms with Gasteiger partial charge in [0.25, 0.3) is 0 Å². The van der Waals surface area contributed by atoms with Crippen LogP contribution in [0.1, 0.15) is 39.0 Å². The van der Waals surface area contributed by atoms with Gasteiger partial charge in [0.05, 0.1) is 11.0 Å². The second kappa shape index (κ2) is 2.47. The number of rotatable bonds is 2. The largest absolute Gasteiger partial charge is 0.481 e. The number of aliphatic hydroxyl groups is 1. The minimum atomic E-state index is -0.741. The van der Waals surface area contributed by atoms with Crippen LogP contribution in [0.3, 0.4) is 0 Å². The third-order valence-electron chi connectivity index (χ3n) is 3.81. The molecule has 2 atom stereocenters. The van der Waals surface area contributed by atoms with Crippen molar-refractivity contribution < 1.29 is 15.0 Å². The van der Waals surface area contributed by atoms with Gasteiger partial charge in [0, 0.05) is 5.92 Å². The van der Waals surface area contributed by atoms with Crippen LogP contribution in [0.2, 0.25) is 0 Å². The number of carboxylic acid groups (broad SMARTS) is 1. The Balaban J connectivity index is 2.21. The molecule has 2 aliphatic carbocycles. The lowest BCUT2D eigenvalue weighted by Crippen LogP contribution is -2.39. The number of carboxylic acids is 1. The van der Waals surface area contributed by atoms with Gasteiger partial charge < -0.3 is 10.2 Å². The summed E-state index contributed by atoms with van der Waals surface area (Å²) in [4.78, 5) is 11.0. The van der Waals surface area contributed by atoms with Crippen molar-refractivity contribution in [3.05, 3.63) is 0 Å². The molecule has 74 valence electrons. The second-order valence-electron chi connectivity index (χ2n) is 4.76. The van der Waals surface area contributed by atoms with E-state index in [9.17, 15) is 9.90 Å². The molecular formula is C10H16O3.